The summed E-state index contributed by atoms with van der Waals surface area (Å²) < 4.78 is 5.76. The maximum atomic E-state index is 12.0. The first kappa shape index (κ1) is 14.9. The van der Waals surface area contributed by atoms with Crippen molar-refractivity contribution in [2.75, 3.05) is 26.7 Å². The van der Waals surface area contributed by atoms with E-state index in [4.69, 9.17) is 4.74 Å². The minimum Gasteiger partial charge on any atom is -0.483 e. The highest BCUT2D eigenvalue weighted by molar-refractivity contribution is 5.78. The molecule has 1 amide bonds. The number of nitrogens with one attached hydrogen (secondary N) is 1. The van der Waals surface area contributed by atoms with E-state index in [0.29, 0.717) is 0 Å². The summed E-state index contributed by atoms with van der Waals surface area (Å²) in [6, 6.07) is 8.20. The molecule has 0 spiro atoms. The number of nitrogens with zero attached hydrogens (tertiary/aromatic N) is 1. The van der Waals surface area contributed by atoms with Crippen molar-refractivity contribution in [2.24, 2.45) is 0 Å². The monoisotopic (exact) mass is 276 g/mol. The maximum absolute atomic E-state index is 12.0. The van der Waals surface area contributed by atoms with Gasteiger partial charge in [-0.3, -0.25) is 4.79 Å². The molecule has 1 unspecified atom stereocenters. The second kappa shape index (κ2) is 7.29. The van der Waals surface area contributed by atoms with E-state index < -0.39 is 0 Å². The molecule has 110 valence electrons. The Labute approximate surface area is 121 Å². The van der Waals surface area contributed by atoms with Gasteiger partial charge in [0, 0.05) is 24.7 Å². The summed E-state index contributed by atoms with van der Waals surface area (Å²) in [5.74, 6) is 0.899. The van der Waals surface area contributed by atoms with E-state index in [2.05, 4.69) is 18.3 Å². The molecule has 2 rings (SSSR count). The van der Waals surface area contributed by atoms with Crippen molar-refractivity contribution in [3.05, 3.63) is 29.8 Å². The van der Waals surface area contributed by atoms with Crippen LogP contribution >= 0.6 is 0 Å². The summed E-state index contributed by atoms with van der Waals surface area (Å²) in [6.07, 6.45) is 3.21. The van der Waals surface area contributed by atoms with Crippen LogP contribution in [0.5, 0.6) is 5.75 Å². The van der Waals surface area contributed by atoms with Crippen LogP contribution in [0.2, 0.25) is 0 Å². The molecule has 1 aromatic rings. The van der Waals surface area contributed by atoms with Gasteiger partial charge in [0.25, 0.3) is 5.91 Å². The number of likely N-dealkylation sites (tertiary alicyclic amines) is 1. The Balaban J connectivity index is 2.00. The summed E-state index contributed by atoms with van der Waals surface area (Å²) in [6.45, 7) is 4.01. The molecule has 1 fully saturated rings. The third kappa shape index (κ3) is 3.51. The molecule has 1 atom stereocenters. The Morgan fingerprint density at radius 3 is 2.70 bits per heavy atom. The third-order valence-corrected chi connectivity index (χ3v) is 3.86. The lowest BCUT2D eigenvalue weighted by molar-refractivity contribution is -0.132. The number of carbonyl (C=O) groups excluding carboxylic acids is 1. The van der Waals surface area contributed by atoms with E-state index in [1.54, 1.807) is 0 Å². The molecule has 1 aliphatic heterocycles. The fourth-order valence-electron chi connectivity index (χ4n) is 2.68. The van der Waals surface area contributed by atoms with E-state index in [1.165, 1.54) is 0 Å². The van der Waals surface area contributed by atoms with Gasteiger partial charge in [0.05, 0.1) is 0 Å². The molecule has 1 aromatic carbocycles. The van der Waals surface area contributed by atoms with Crippen molar-refractivity contribution in [3.8, 4) is 5.75 Å². The van der Waals surface area contributed by atoms with Crippen LogP contribution in [0.15, 0.2) is 24.3 Å². The van der Waals surface area contributed by atoms with Crippen LogP contribution in [-0.2, 0) is 4.79 Å². The average molecular weight is 276 g/mol. The second-order valence-electron chi connectivity index (χ2n) is 5.16. The van der Waals surface area contributed by atoms with Crippen LogP contribution in [0.1, 0.15) is 37.8 Å². The number of benzene rings is 1. The van der Waals surface area contributed by atoms with Gasteiger partial charge in [-0.15, -0.1) is 0 Å². The van der Waals surface area contributed by atoms with Gasteiger partial charge in [0.1, 0.15) is 5.75 Å². The van der Waals surface area contributed by atoms with Crippen molar-refractivity contribution in [1.29, 1.82) is 0 Å². The third-order valence-electron chi connectivity index (χ3n) is 3.86. The second-order valence-corrected chi connectivity index (χ2v) is 5.16. The van der Waals surface area contributed by atoms with Crippen molar-refractivity contribution < 1.29 is 9.53 Å². The molecule has 0 bridgehead atoms. The highest BCUT2D eigenvalue weighted by atomic mass is 16.5. The van der Waals surface area contributed by atoms with Gasteiger partial charge in [-0.05, 0) is 32.4 Å². The first-order chi connectivity index (χ1) is 9.76. The van der Waals surface area contributed by atoms with Crippen LogP contribution in [0.25, 0.3) is 0 Å². The van der Waals surface area contributed by atoms with E-state index >= 15 is 0 Å². The molecule has 4 nitrogen and oxygen atoms in total. The molecule has 0 aromatic heterocycles. The molecule has 1 N–H and O–H groups in total. The maximum Gasteiger partial charge on any atom is 0.260 e. The highest BCUT2D eigenvalue weighted by Gasteiger charge is 2.19. The number of ether oxygens (including phenoxy) is 1. The minimum atomic E-state index is 0.0924. The number of hydrogen-bond acceptors (Lipinski definition) is 3. The molecule has 4 heteroatoms. The standard InChI is InChI=1S/C16H24N2O2/c1-3-14(17-2)13-8-4-5-9-15(13)20-12-16(19)18-10-6-7-11-18/h4-5,8-9,14,17H,3,6-7,10-12H2,1-2H3. The van der Waals surface area contributed by atoms with Crippen molar-refractivity contribution in [2.45, 2.75) is 32.2 Å². The molecule has 0 aliphatic carbocycles. The lowest BCUT2D eigenvalue weighted by atomic mass is 10.0. The Kier molecular flexibility index (Phi) is 5.41. The minimum absolute atomic E-state index is 0.0924. The normalized spacial score (nSPS) is 16.2. The van der Waals surface area contributed by atoms with Gasteiger partial charge in [-0.25, -0.2) is 0 Å². The van der Waals surface area contributed by atoms with E-state index in [0.717, 1.165) is 43.7 Å². The highest BCUT2D eigenvalue weighted by Crippen LogP contribution is 2.26. The fraction of sp³-hybridized carbons (Fsp3) is 0.562. The van der Waals surface area contributed by atoms with Crippen LogP contribution in [0, 0.1) is 0 Å². The van der Waals surface area contributed by atoms with Gasteiger partial charge in [-0.1, -0.05) is 25.1 Å². The Morgan fingerprint density at radius 1 is 1.35 bits per heavy atom. The Bertz CT molecular complexity index is 438. The number of hydrogen-bond donors (Lipinski definition) is 1. The molecule has 20 heavy (non-hydrogen) atoms. The fourth-order valence-corrected chi connectivity index (χ4v) is 2.68. The first-order valence-corrected chi connectivity index (χ1v) is 7.43. The van der Waals surface area contributed by atoms with Crippen molar-refractivity contribution >= 4 is 5.91 Å². The van der Waals surface area contributed by atoms with E-state index in [9.17, 15) is 4.79 Å². The summed E-state index contributed by atoms with van der Waals surface area (Å²) in [4.78, 5) is 13.9. The van der Waals surface area contributed by atoms with Gasteiger partial charge in [0.2, 0.25) is 0 Å². The summed E-state index contributed by atoms with van der Waals surface area (Å²) in [7, 11) is 1.94. The van der Waals surface area contributed by atoms with Gasteiger partial charge in [0.15, 0.2) is 6.61 Å². The smallest absolute Gasteiger partial charge is 0.260 e. The Hall–Kier alpha value is -1.55. The molecule has 1 heterocycles. The van der Waals surface area contributed by atoms with Gasteiger partial charge < -0.3 is 15.0 Å². The lowest BCUT2D eigenvalue weighted by Crippen LogP contribution is -2.32. The quantitative estimate of drug-likeness (QED) is 0.867. The molecule has 1 aliphatic rings. The van der Waals surface area contributed by atoms with Crippen molar-refractivity contribution in [3.63, 3.8) is 0 Å². The summed E-state index contributed by atoms with van der Waals surface area (Å²) in [5, 5.41) is 3.28. The van der Waals surface area contributed by atoms with Crippen LogP contribution < -0.4 is 10.1 Å². The zero-order valence-electron chi connectivity index (χ0n) is 12.4. The van der Waals surface area contributed by atoms with E-state index in [-0.39, 0.29) is 18.6 Å². The van der Waals surface area contributed by atoms with Gasteiger partial charge >= 0.3 is 0 Å². The van der Waals surface area contributed by atoms with E-state index in [1.807, 2.05) is 30.1 Å². The summed E-state index contributed by atoms with van der Waals surface area (Å²) >= 11 is 0. The molecule has 0 radical (unpaired) electrons. The number of carbonyl (C=O) groups is 1. The lowest BCUT2D eigenvalue weighted by Gasteiger charge is -2.20. The largest absolute Gasteiger partial charge is 0.483 e. The van der Waals surface area contributed by atoms with Crippen LogP contribution in [0.4, 0.5) is 0 Å². The zero-order valence-corrected chi connectivity index (χ0v) is 12.4. The predicted molar refractivity (Wildman–Crippen MR) is 79.8 cm³/mol. The van der Waals surface area contributed by atoms with Crippen molar-refractivity contribution in [1.82, 2.24) is 10.2 Å². The predicted octanol–water partition coefficient (Wildman–Crippen LogP) is 2.36. The molecule has 1 saturated heterocycles. The first-order valence-electron chi connectivity index (χ1n) is 7.43. The zero-order chi connectivity index (χ0) is 14.4. The number of para-hydroxylation sites is 1. The average Bonchev–Trinajstić information content (AvgIpc) is 3.01. The SMILES string of the molecule is CCC(NC)c1ccccc1OCC(=O)N1CCCC1. The summed E-state index contributed by atoms with van der Waals surface area (Å²) in [5.41, 5.74) is 1.12. The number of amides is 1. The molecular weight excluding hydrogens is 252 g/mol. The van der Waals surface area contributed by atoms with Crippen LogP contribution in [0.3, 0.4) is 0 Å². The topological polar surface area (TPSA) is 41.6 Å². The molecule has 0 saturated carbocycles. The molecular formula is C16H24N2O2. The Morgan fingerprint density at radius 2 is 2.05 bits per heavy atom. The van der Waals surface area contributed by atoms with Gasteiger partial charge in [-0.2, -0.15) is 0 Å². The number of rotatable bonds is 6. The van der Waals surface area contributed by atoms with Crippen LogP contribution in [-0.4, -0.2) is 37.6 Å².